The number of ketones is 1. The number of rotatable bonds is 7. The first-order valence-electron chi connectivity index (χ1n) is 10.1. The van der Waals surface area contributed by atoms with E-state index in [-0.39, 0.29) is 23.4 Å². The second-order valence-corrected chi connectivity index (χ2v) is 7.96. The highest BCUT2D eigenvalue weighted by Crippen LogP contribution is 2.40. The number of aliphatic hydroxyl groups is 1. The largest absolute Gasteiger partial charge is 0.507 e. The van der Waals surface area contributed by atoms with Gasteiger partial charge in [0.05, 0.1) is 16.5 Å². The van der Waals surface area contributed by atoms with Crippen molar-refractivity contribution in [3.05, 3.63) is 80.7 Å². The number of likely N-dealkylation sites (tertiary alicyclic amines) is 1. The number of carbonyl (C=O) groups is 2. The Bertz CT molecular complexity index is 1100. The Morgan fingerprint density at radius 1 is 1.19 bits per heavy atom. The molecule has 0 spiro atoms. The maximum atomic E-state index is 14.1. The van der Waals surface area contributed by atoms with E-state index >= 15 is 0 Å². The third kappa shape index (κ3) is 4.52. The van der Waals surface area contributed by atoms with Gasteiger partial charge in [-0.2, -0.15) is 0 Å². The molecule has 0 aromatic heterocycles. The standard InChI is InChI=1S/C23H24FN3O5/c1-14-5-6-16(13-18(14)24)21(28)19-20(15-7-9-17(10-8-15)27(31)32)26(23(30)22(19)29)12-4-11-25(2)3/h5-10,13,20,28H,4,11-12H2,1-3H3/b21-19-. The van der Waals surface area contributed by atoms with Gasteiger partial charge in [0.25, 0.3) is 17.4 Å². The number of nitro benzene ring substituents is 1. The van der Waals surface area contributed by atoms with Crippen LogP contribution in [0.2, 0.25) is 0 Å². The number of Topliss-reactive ketones (excluding diaryl/α,β-unsaturated/α-hetero) is 1. The molecule has 0 bridgehead atoms. The number of benzene rings is 2. The average Bonchev–Trinajstić information content (AvgIpc) is 3.00. The van der Waals surface area contributed by atoms with Gasteiger partial charge in [-0.3, -0.25) is 19.7 Å². The monoisotopic (exact) mass is 441 g/mol. The summed E-state index contributed by atoms with van der Waals surface area (Å²) in [5.74, 6) is -2.69. The topological polar surface area (TPSA) is 104 Å². The fraction of sp³-hybridized carbons (Fsp3) is 0.304. The first-order valence-corrected chi connectivity index (χ1v) is 10.1. The molecule has 2 aromatic rings. The van der Waals surface area contributed by atoms with Crippen LogP contribution in [-0.2, 0) is 9.59 Å². The minimum atomic E-state index is -0.942. The highest BCUT2D eigenvalue weighted by atomic mass is 19.1. The summed E-state index contributed by atoms with van der Waals surface area (Å²) >= 11 is 0. The summed E-state index contributed by atoms with van der Waals surface area (Å²) in [5.41, 5.74) is 0.577. The molecule has 1 fully saturated rings. The zero-order valence-corrected chi connectivity index (χ0v) is 18.0. The molecule has 1 unspecified atom stereocenters. The molecule has 1 aliphatic rings. The molecule has 9 heteroatoms. The second kappa shape index (κ2) is 9.27. The van der Waals surface area contributed by atoms with Crippen LogP contribution in [0.1, 0.15) is 29.2 Å². The summed E-state index contributed by atoms with van der Waals surface area (Å²) in [4.78, 5) is 39.5. The predicted octanol–water partition coefficient (Wildman–Crippen LogP) is 3.42. The van der Waals surface area contributed by atoms with Crippen molar-refractivity contribution in [1.29, 1.82) is 0 Å². The normalized spacial score (nSPS) is 17.9. The number of hydrogen-bond donors (Lipinski definition) is 1. The van der Waals surface area contributed by atoms with Crippen molar-refractivity contribution in [2.24, 2.45) is 0 Å². The van der Waals surface area contributed by atoms with Crippen molar-refractivity contribution in [3.63, 3.8) is 0 Å². The van der Waals surface area contributed by atoms with Crippen LogP contribution in [0.4, 0.5) is 10.1 Å². The summed E-state index contributed by atoms with van der Waals surface area (Å²) in [5, 5.41) is 21.9. The van der Waals surface area contributed by atoms with Gasteiger partial charge in [0.1, 0.15) is 11.6 Å². The highest BCUT2D eigenvalue weighted by Gasteiger charge is 2.45. The van der Waals surface area contributed by atoms with Crippen LogP contribution in [-0.4, -0.2) is 58.7 Å². The summed E-state index contributed by atoms with van der Waals surface area (Å²) in [7, 11) is 3.77. The first-order chi connectivity index (χ1) is 15.1. The van der Waals surface area contributed by atoms with E-state index in [0.717, 1.165) is 6.07 Å². The average molecular weight is 441 g/mol. The minimum Gasteiger partial charge on any atom is -0.507 e. The molecule has 1 heterocycles. The van der Waals surface area contributed by atoms with Crippen molar-refractivity contribution in [2.75, 3.05) is 27.2 Å². The van der Waals surface area contributed by atoms with Gasteiger partial charge in [0.15, 0.2) is 0 Å². The minimum absolute atomic E-state index is 0.0753. The lowest BCUT2D eigenvalue weighted by molar-refractivity contribution is -0.384. The quantitative estimate of drug-likeness (QED) is 0.232. The van der Waals surface area contributed by atoms with E-state index in [1.165, 1.54) is 41.3 Å². The number of nitrogens with zero attached hydrogens (tertiary/aromatic N) is 3. The van der Waals surface area contributed by atoms with Gasteiger partial charge >= 0.3 is 0 Å². The maximum absolute atomic E-state index is 14.1. The molecule has 168 valence electrons. The number of amides is 1. The highest BCUT2D eigenvalue weighted by molar-refractivity contribution is 6.46. The SMILES string of the molecule is Cc1ccc(/C(O)=C2/C(=O)C(=O)N(CCCN(C)C)C2c2ccc([N+](=O)[O-])cc2)cc1F. The fourth-order valence-electron chi connectivity index (χ4n) is 3.69. The van der Waals surface area contributed by atoms with E-state index in [9.17, 15) is 29.2 Å². The lowest BCUT2D eigenvalue weighted by Crippen LogP contribution is -2.32. The lowest BCUT2D eigenvalue weighted by atomic mass is 9.94. The number of aliphatic hydroxyl groups excluding tert-OH is 1. The molecule has 32 heavy (non-hydrogen) atoms. The molecule has 8 nitrogen and oxygen atoms in total. The first kappa shape index (κ1) is 23.1. The maximum Gasteiger partial charge on any atom is 0.295 e. The van der Waals surface area contributed by atoms with Crippen LogP contribution in [0.5, 0.6) is 0 Å². The number of non-ortho nitro benzene ring substituents is 1. The Morgan fingerprint density at radius 2 is 1.84 bits per heavy atom. The van der Waals surface area contributed by atoms with Crippen LogP contribution < -0.4 is 0 Å². The van der Waals surface area contributed by atoms with Gasteiger partial charge in [-0.1, -0.05) is 12.1 Å². The summed E-state index contributed by atoms with van der Waals surface area (Å²) in [6.07, 6.45) is 0.572. The van der Waals surface area contributed by atoms with E-state index in [4.69, 9.17) is 0 Å². The van der Waals surface area contributed by atoms with E-state index in [1.54, 1.807) is 6.92 Å². The number of hydrogen-bond acceptors (Lipinski definition) is 6. The van der Waals surface area contributed by atoms with Crippen molar-refractivity contribution in [2.45, 2.75) is 19.4 Å². The Kier molecular flexibility index (Phi) is 6.69. The smallest absolute Gasteiger partial charge is 0.295 e. The van der Waals surface area contributed by atoms with Crippen LogP contribution in [0, 0.1) is 22.9 Å². The van der Waals surface area contributed by atoms with Gasteiger partial charge in [-0.05, 0) is 63.3 Å². The van der Waals surface area contributed by atoms with Gasteiger partial charge in [-0.25, -0.2) is 4.39 Å². The molecule has 0 radical (unpaired) electrons. The predicted molar refractivity (Wildman–Crippen MR) is 116 cm³/mol. The summed E-state index contributed by atoms with van der Waals surface area (Å²) in [6, 6.07) is 8.58. The zero-order chi connectivity index (χ0) is 23.6. The van der Waals surface area contributed by atoms with Gasteiger partial charge in [0, 0.05) is 24.2 Å². The molecule has 1 N–H and O–H groups in total. The van der Waals surface area contributed by atoms with Gasteiger partial charge in [0.2, 0.25) is 0 Å². The molecule has 1 amide bonds. The van der Waals surface area contributed by atoms with Crippen molar-refractivity contribution < 1.29 is 24.0 Å². The van der Waals surface area contributed by atoms with E-state index < -0.39 is 34.2 Å². The number of halogens is 1. The number of carbonyl (C=O) groups excluding carboxylic acids is 2. The molecule has 2 aromatic carbocycles. The van der Waals surface area contributed by atoms with E-state index in [0.29, 0.717) is 24.1 Å². The van der Waals surface area contributed by atoms with Crippen LogP contribution >= 0.6 is 0 Å². The van der Waals surface area contributed by atoms with Gasteiger partial charge < -0.3 is 14.9 Å². The molecular weight excluding hydrogens is 417 g/mol. The number of aryl methyl sites for hydroxylation is 1. The lowest BCUT2D eigenvalue weighted by Gasteiger charge is -2.26. The Hall–Kier alpha value is -3.59. The van der Waals surface area contributed by atoms with E-state index in [2.05, 4.69) is 0 Å². The molecule has 1 aliphatic heterocycles. The molecule has 0 aliphatic carbocycles. The Morgan fingerprint density at radius 3 is 2.41 bits per heavy atom. The second-order valence-electron chi connectivity index (χ2n) is 7.96. The molecule has 0 saturated carbocycles. The van der Waals surface area contributed by atoms with Crippen LogP contribution in [0.15, 0.2) is 48.0 Å². The van der Waals surface area contributed by atoms with Gasteiger partial charge in [-0.15, -0.1) is 0 Å². The molecule has 3 rings (SSSR count). The van der Waals surface area contributed by atoms with Crippen LogP contribution in [0.3, 0.4) is 0 Å². The van der Waals surface area contributed by atoms with Crippen molar-refractivity contribution in [3.8, 4) is 0 Å². The molecule has 1 atom stereocenters. The third-order valence-electron chi connectivity index (χ3n) is 5.41. The van der Waals surface area contributed by atoms with Crippen LogP contribution in [0.25, 0.3) is 5.76 Å². The number of nitro groups is 1. The Balaban J connectivity index is 2.11. The Labute approximate surface area is 184 Å². The zero-order valence-electron chi connectivity index (χ0n) is 18.0. The summed E-state index contributed by atoms with van der Waals surface area (Å²) < 4.78 is 14.1. The fourth-order valence-corrected chi connectivity index (χ4v) is 3.69. The van der Waals surface area contributed by atoms with Crippen molar-refractivity contribution >= 4 is 23.1 Å². The van der Waals surface area contributed by atoms with Crippen molar-refractivity contribution in [1.82, 2.24) is 9.80 Å². The third-order valence-corrected chi connectivity index (χ3v) is 5.41. The molecule has 1 saturated heterocycles. The molecular formula is C23H24FN3O5. The summed E-state index contributed by atoms with van der Waals surface area (Å²) in [6.45, 7) is 2.47. The van der Waals surface area contributed by atoms with E-state index in [1.807, 2.05) is 19.0 Å².